The van der Waals surface area contributed by atoms with Crippen LogP contribution in [0.1, 0.15) is 37.0 Å². The Morgan fingerprint density at radius 2 is 2.08 bits per heavy atom. The van der Waals surface area contributed by atoms with Crippen molar-refractivity contribution in [2.45, 2.75) is 26.7 Å². The normalized spacial score (nSPS) is 24.7. The molecule has 7 nitrogen and oxygen atoms in total. The first-order valence-electron chi connectivity index (χ1n) is 8.73. The first-order chi connectivity index (χ1) is 12.2. The summed E-state index contributed by atoms with van der Waals surface area (Å²) in [6.07, 6.45) is 1.71. The smallest absolute Gasteiger partial charge is 0.253 e. The van der Waals surface area contributed by atoms with E-state index in [0.29, 0.717) is 18.7 Å². The zero-order valence-electron chi connectivity index (χ0n) is 15.0. The fourth-order valence-corrected chi connectivity index (χ4v) is 5.71. The molecule has 1 aromatic rings. The largest absolute Gasteiger partial charge is 0.396 e. The van der Waals surface area contributed by atoms with Gasteiger partial charge in [-0.3, -0.25) is 9.59 Å². The maximum Gasteiger partial charge on any atom is 0.253 e. The number of carbonyl (C=O) groups is 2. The monoisotopic (exact) mass is 380 g/mol. The predicted octanol–water partition coefficient (Wildman–Crippen LogP) is 1.23. The molecule has 2 aliphatic heterocycles. The summed E-state index contributed by atoms with van der Waals surface area (Å²) in [7, 11) is -3.75. The summed E-state index contributed by atoms with van der Waals surface area (Å²) in [5.74, 6) is -0.882. The molecule has 0 saturated carbocycles. The van der Waals surface area contributed by atoms with Crippen molar-refractivity contribution in [1.82, 2.24) is 4.90 Å². The van der Waals surface area contributed by atoms with Gasteiger partial charge in [0.15, 0.2) is 0 Å². The Bertz CT molecular complexity index is 834. The summed E-state index contributed by atoms with van der Waals surface area (Å²) in [5, 5.41) is 9.34. The molecule has 1 unspecified atom stereocenters. The average Bonchev–Trinajstić information content (AvgIpc) is 2.77. The van der Waals surface area contributed by atoms with Gasteiger partial charge in [-0.15, -0.1) is 0 Å². The number of nitrogens with zero attached hydrogens (tertiary/aromatic N) is 2. The molecular formula is C18H24N2O5S. The van der Waals surface area contributed by atoms with Crippen LogP contribution in [0.3, 0.4) is 0 Å². The van der Waals surface area contributed by atoms with Crippen LogP contribution in [0, 0.1) is 11.3 Å². The second-order valence-electron chi connectivity index (χ2n) is 7.70. The Morgan fingerprint density at radius 3 is 2.69 bits per heavy atom. The third kappa shape index (κ3) is 3.35. The number of aliphatic hydroxyl groups excluding tert-OH is 1. The minimum Gasteiger partial charge on any atom is -0.396 e. The van der Waals surface area contributed by atoms with Gasteiger partial charge in [-0.25, -0.2) is 12.7 Å². The Labute approximate surface area is 153 Å². The standard InChI is InChI=1S/C18H24N2O5S/c1-18(2)12-26(24,25)20(17(18)23)15-7-3-6-14(9-15)16(22)19-8-4-5-13(10-19)11-21/h3,6-7,9,13,21H,4-5,8,10-12H2,1-2H3. The number of amides is 2. The van der Waals surface area contributed by atoms with E-state index >= 15 is 0 Å². The molecule has 142 valence electrons. The van der Waals surface area contributed by atoms with Gasteiger partial charge in [0, 0.05) is 25.3 Å². The zero-order chi connectivity index (χ0) is 19.1. The molecule has 0 spiro atoms. The molecular weight excluding hydrogens is 356 g/mol. The van der Waals surface area contributed by atoms with Gasteiger partial charge in [0.1, 0.15) is 0 Å². The molecule has 2 heterocycles. The molecule has 2 aliphatic rings. The Balaban J connectivity index is 1.89. The van der Waals surface area contributed by atoms with Crippen molar-refractivity contribution in [1.29, 1.82) is 0 Å². The minimum atomic E-state index is -3.75. The fourth-order valence-electron chi connectivity index (χ4n) is 3.61. The van der Waals surface area contributed by atoms with Gasteiger partial charge in [-0.1, -0.05) is 6.07 Å². The lowest BCUT2D eigenvalue weighted by molar-refractivity contribution is -0.123. The zero-order valence-corrected chi connectivity index (χ0v) is 15.8. The fraction of sp³-hybridized carbons (Fsp3) is 0.556. The van der Waals surface area contributed by atoms with Gasteiger partial charge in [0.2, 0.25) is 15.9 Å². The van der Waals surface area contributed by atoms with Crippen molar-refractivity contribution in [3.63, 3.8) is 0 Å². The van der Waals surface area contributed by atoms with Gasteiger partial charge in [-0.2, -0.15) is 0 Å². The highest BCUT2D eigenvalue weighted by Gasteiger charge is 2.50. The van der Waals surface area contributed by atoms with Crippen molar-refractivity contribution in [2.75, 3.05) is 29.8 Å². The molecule has 0 radical (unpaired) electrons. The van der Waals surface area contributed by atoms with Gasteiger partial charge in [-0.05, 0) is 50.8 Å². The van der Waals surface area contributed by atoms with E-state index in [1.54, 1.807) is 30.9 Å². The first-order valence-corrected chi connectivity index (χ1v) is 10.3. The highest BCUT2D eigenvalue weighted by Crippen LogP contribution is 2.36. The van der Waals surface area contributed by atoms with Crippen molar-refractivity contribution >= 4 is 27.5 Å². The summed E-state index contributed by atoms with van der Waals surface area (Å²) in [4.78, 5) is 27.0. The number of carbonyl (C=O) groups excluding carboxylic acids is 2. The second kappa shape index (κ2) is 6.66. The lowest BCUT2D eigenvalue weighted by Crippen LogP contribution is -2.41. The highest BCUT2D eigenvalue weighted by atomic mass is 32.2. The third-order valence-electron chi connectivity index (χ3n) is 4.98. The van der Waals surface area contributed by atoms with Crippen LogP contribution in [0.15, 0.2) is 24.3 Å². The topological polar surface area (TPSA) is 95.0 Å². The lowest BCUT2D eigenvalue weighted by atomic mass is 9.95. The SMILES string of the molecule is CC1(C)CS(=O)(=O)N(c2cccc(C(=O)N3CCCC(CO)C3)c2)C1=O. The molecule has 1 aromatic carbocycles. The summed E-state index contributed by atoms with van der Waals surface area (Å²) in [6, 6.07) is 6.19. The van der Waals surface area contributed by atoms with Crippen LogP contribution < -0.4 is 4.31 Å². The van der Waals surface area contributed by atoms with Crippen molar-refractivity contribution in [3.05, 3.63) is 29.8 Å². The van der Waals surface area contributed by atoms with Crippen LogP contribution in [0.2, 0.25) is 0 Å². The predicted molar refractivity (Wildman–Crippen MR) is 97.2 cm³/mol. The third-order valence-corrected chi connectivity index (χ3v) is 7.00. The molecule has 0 bridgehead atoms. The van der Waals surface area contributed by atoms with Crippen LogP contribution >= 0.6 is 0 Å². The van der Waals surface area contributed by atoms with Crippen LogP contribution in [0.4, 0.5) is 5.69 Å². The maximum atomic E-state index is 12.8. The summed E-state index contributed by atoms with van der Waals surface area (Å²) in [5.41, 5.74) is -0.448. The Morgan fingerprint density at radius 1 is 1.35 bits per heavy atom. The summed E-state index contributed by atoms with van der Waals surface area (Å²) < 4.78 is 25.7. The molecule has 1 N–H and O–H groups in total. The quantitative estimate of drug-likeness (QED) is 0.851. The molecule has 0 aromatic heterocycles. The van der Waals surface area contributed by atoms with E-state index in [1.807, 2.05) is 0 Å². The van der Waals surface area contributed by atoms with Crippen LogP contribution in [0.25, 0.3) is 0 Å². The molecule has 8 heteroatoms. The van der Waals surface area contributed by atoms with Crippen LogP contribution in [-0.4, -0.2) is 55.7 Å². The van der Waals surface area contributed by atoms with Crippen molar-refractivity contribution < 1.29 is 23.1 Å². The number of hydrogen-bond donors (Lipinski definition) is 1. The van der Waals surface area contributed by atoms with Crippen molar-refractivity contribution in [2.24, 2.45) is 11.3 Å². The molecule has 26 heavy (non-hydrogen) atoms. The number of anilines is 1. The van der Waals surface area contributed by atoms with Gasteiger partial charge in [0.25, 0.3) is 5.91 Å². The number of rotatable bonds is 3. The van der Waals surface area contributed by atoms with E-state index in [0.717, 1.165) is 17.1 Å². The summed E-state index contributed by atoms with van der Waals surface area (Å²) in [6.45, 7) is 4.33. The lowest BCUT2D eigenvalue weighted by Gasteiger charge is -2.32. The number of sulfonamides is 1. The molecule has 0 aliphatic carbocycles. The maximum absolute atomic E-state index is 12.8. The van der Waals surface area contributed by atoms with Crippen LogP contribution in [0.5, 0.6) is 0 Å². The van der Waals surface area contributed by atoms with E-state index in [2.05, 4.69) is 0 Å². The number of hydrogen-bond acceptors (Lipinski definition) is 5. The number of piperidine rings is 1. The van der Waals surface area contributed by atoms with Gasteiger partial charge in [0.05, 0.1) is 16.9 Å². The summed E-state index contributed by atoms with van der Waals surface area (Å²) >= 11 is 0. The minimum absolute atomic E-state index is 0.0411. The van der Waals surface area contributed by atoms with Gasteiger partial charge >= 0.3 is 0 Å². The Hall–Kier alpha value is -1.93. The van der Waals surface area contributed by atoms with E-state index in [-0.39, 0.29) is 29.9 Å². The van der Waals surface area contributed by atoms with Crippen LogP contribution in [-0.2, 0) is 14.8 Å². The van der Waals surface area contributed by atoms with E-state index in [1.165, 1.54) is 12.1 Å². The highest BCUT2D eigenvalue weighted by molar-refractivity contribution is 7.94. The number of aliphatic hydroxyl groups is 1. The molecule has 1 atom stereocenters. The molecule has 2 saturated heterocycles. The molecule has 2 amide bonds. The van der Waals surface area contributed by atoms with E-state index in [4.69, 9.17) is 0 Å². The number of benzene rings is 1. The first kappa shape index (κ1) is 18.8. The second-order valence-corrected chi connectivity index (χ2v) is 9.52. The van der Waals surface area contributed by atoms with E-state index < -0.39 is 21.3 Å². The number of likely N-dealkylation sites (tertiary alicyclic amines) is 1. The molecule has 2 fully saturated rings. The van der Waals surface area contributed by atoms with Crippen molar-refractivity contribution in [3.8, 4) is 0 Å². The van der Waals surface area contributed by atoms with Gasteiger partial charge < -0.3 is 10.0 Å². The molecule has 3 rings (SSSR count). The average molecular weight is 380 g/mol. The Kier molecular flexibility index (Phi) is 4.83. The van der Waals surface area contributed by atoms with E-state index in [9.17, 15) is 23.1 Å².